The lowest BCUT2D eigenvalue weighted by molar-refractivity contribution is 0.0936. The maximum absolute atomic E-state index is 11.6. The number of hydrogen-bond acceptors (Lipinski definition) is 4. The molecule has 0 aliphatic rings. The molecule has 0 saturated heterocycles. The molecule has 0 atom stereocenters. The molecule has 0 aromatic carbocycles. The fourth-order valence-electron chi connectivity index (χ4n) is 1.14. The van der Waals surface area contributed by atoms with Crippen LogP contribution in [0.3, 0.4) is 0 Å². The van der Waals surface area contributed by atoms with Gasteiger partial charge in [0.15, 0.2) is 0 Å². The Hall–Kier alpha value is -1.90. The van der Waals surface area contributed by atoms with Crippen molar-refractivity contribution in [2.75, 3.05) is 26.9 Å². The van der Waals surface area contributed by atoms with Crippen molar-refractivity contribution in [2.45, 2.75) is 0 Å². The maximum atomic E-state index is 11.6. The van der Waals surface area contributed by atoms with Crippen molar-refractivity contribution in [3.05, 3.63) is 29.6 Å². The number of nitrogens with zero attached hydrogens (tertiary/aromatic N) is 1. The van der Waals surface area contributed by atoms with E-state index in [2.05, 4.69) is 22.1 Å². The summed E-state index contributed by atoms with van der Waals surface area (Å²) in [4.78, 5) is 15.6. The van der Waals surface area contributed by atoms with Gasteiger partial charge in [-0.25, -0.2) is 0 Å². The highest BCUT2D eigenvalue weighted by Gasteiger charge is 2.05. The molecule has 5 nitrogen and oxygen atoms in total. The summed E-state index contributed by atoms with van der Waals surface area (Å²) in [5.74, 6) is 4.97. The average molecular weight is 234 g/mol. The molecule has 0 unspecified atom stereocenters. The first kappa shape index (κ1) is 13.2. The summed E-state index contributed by atoms with van der Waals surface area (Å²) in [7, 11) is 1.57. The molecule has 0 aliphatic heterocycles. The van der Waals surface area contributed by atoms with Crippen molar-refractivity contribution in [2.24, 2.45) is 0 Å². The standard InChI is InChI=1S/C12H14N2O3/c1-17-6-4-14-12(16)11-7-10(3-2-5-15)8-13-9-11/h7-9,15H,4-6H2,1H3,(H,14,16). The van der Waals surface area contributed by atoms with E-state index >= 15 is 0 Å². The topological polar surface area (TPSA) is 71.5 Å². The van der Waals surface area contributed by atoms with Crippen molar-refractivity contribution in [1.82, 2.24) is 10.3 Å². The second-order valence-corrected chi connectivity index (χ2v) is 3.17. The van der Waals surface area contributed by atoms with Crippen LogP contribution in [0.25, 0.3) is 0 Å². The van der Waals surface area contributed by atoms with Crippen molar-refractivity contribution < 1.29 is 14.6 Å². The fourth-order valence-corrected chi connectivity index (χ4v) is 1.14. The van der Waals surface area contributed by atoms with E-state index in [1.54, 1.807) is 13.2 Å². The van der Waals surface area contributed by atoms with Gasteiger partial charge >= 0.3 is 0 Å². The minimum Gasteiger partial charge on any atom is -0.384 e. The molecule has 0 spiro atoms. The number of methoxy groups -OCH3 is 1. The first-order valence-electron chi connectivity index (χ1n) is 5.10. The average Bonchev–Trinajstić information content (AvgIpc) is 2.37. The van der Waals surface area contributed by atoms with Crippen LogP contribution in [0.15, 0.2) is 18.5 Å². The molecule has 0 fully saturated rings. The van der Waals surface area contributed by atoms with Gasteiger partial charge in [-0.3, -0.25) is 9.78 Å². The fraction of sp³-hybridized carbons (Fsp3) is 0.333. The number of carbonyl (C=O) groups excluding carboxylic acids is 1. The molecule has 0 radical (unpaired) electrons. The number of amides is 1. The van der Waals surface area contributed by atoms with Crippen LogP contribution in [0.2, 0.25) is 0 Å². The molecule has 0 saturated carbocycles. The molecule has 0 bridgehead atoms. The molecular weight excluding hydrogens is 220 g/mol. The highest BCUT2D eigenvalue weighted by Crippen LogP contribution is 2.01. The predicted molar refractivity (Wildman–Crippen MR) is 62.4 cm³/mol. The molecular formula is C12H14N2O3. The zero-order chi connectivity index (χ0) is 12.5. The van der Waals surface area contributed by atoms with Gasteiger partial charge in [0.25, 0.3) is 5.91 Å². The van der Waals surface area contributed by atoms with Crippen molar-refractivity contribution >= 4 is 5.91 Å². The zero-order valence-electron chi connectivity index (χ0n) is 9.56. The highest BCUT2D eigenvalue weighted by molar-refractivity contribution is 5.94. The van der Waals surface area contributed by atoms with E-state index in [1.807, 2.05) is 0 Å². The van der Waals surface area contributed by atoms with Gasteiger partial charge < -0.3 is 15.2 Å². The summed E-state index contributed by atoms with van der Waals surface area (Å²) in [5.41, 5.74) is 1.03. The molecule has 17 heavy (non-hydrogen) atoms. The summed E-state index contributed by atoms with van der Waals surface area (Å²) in [6, 6.07) is 1.62. The van der Waals surface area contributed by atoms with E-state index in [4.69, 9.17) is 9.84 Å². The van der Waals surface area contributed by atoms with Crippen LogP contribution < -0.4 is 5.32 Å². The Labute approximate surface area is 99.8 Å². The van der Waals surface area contributed by atoms with Gasteiger partial charge in [0.05, 0.1) is 12.2 Å². The predicted octanol–water partition coefficient (Wildman–Crippen LogP) is -0.198. The highest BCUT2D eigenvalue weighted by atomic mass is 16.5. The number of ether oxygens (including phenoxy) is 1. The van der Waals surface area contributed by atoms with Crippen LogP contribution in [-0.4, -0.2) is 42.9 Å². The summed E-state index contributed by atoms with van der Waals surface area (Å²) in [6.45, 7) is 0.690. The first-order chi connectivity index (χ1) is 8.27. The Morgan fingerprint density at radius 1 is 1.59 bits per heavy atom. The van der Waals surface area contributed by atoms with Gasteiger partial charge in [-0.2, -0.15) is 0 Å². The second kappa shape index (κ2) is 7.39. The molecule has 2 N–H and O–H groups in total. The maximum Gasteiger partial charge on any atom is 0.252 e. The number of carbonyl (C=O) groups is 1. The Balaban J connectivity index is 2.67. The van der Waals surface area contributed by atoms with Gasteiger partial charge in [0.2, 0.25) is 0 Å². The van der Waals surface area contributed by atoms with E-state index in [0.717, 1.165) is 0 Å². The number of nitrogens with one attached hydrogen (secondary N) is 1. The third-order valence-electron chi connectivity index (χ3n) is 1.90. The van der Waals surface area contributed by atoms with Crippen LogP contribution in [-0.2, 0) is 4.74 Å². The van der Waals surface area contributed by atoms with Gasteiger partial charge in [0, 0.05) is 31.6 Å². The molecule has 90 valence electrons. The number of aliphatic hydroxyl groups excluding tert-OH is 1. The summed E-state index contributed by atoms with van der Waals surface area (Å²) in [5, 5.41) is 11.2. The number of pyridine rings is 1. The van der Waals surface area contributed by atoms with Gasteiger partial charge in [-0.15, -0.1) is 0 Å². The van der Waals surface area contributed by atoms with Crippen LogP contribution in [0.4, 0.5) is 0 Å². The molecule has 1 amide bonds. The Bertz CT molecular complexity index is 435. The van der Waals surface area contributed by atoms with Crippen molar-refractivity contribution in [3.8, 4) is 11.8 Å². The molecule has 5 heteroatoms. The quantitative estimate of drug-likeness (QED) is 0.559. The molecule has 1 aromatic rings. The van der Waals surface area contributed by atoms with Crippen molar-refractivity contribution in [1.29, 1.82) is 0 Å². The lowest BCUT2D eigenvalue weighted by atomic mass is 10.2. The van der Waals surface area contributed by atoms with Gasteiger partial charge in [-0.1, -0.05) is 11.8 Å². The SMILES string of the molecule is COCCNC(=O)c1cncc(C#CCO)c1. The Kier molecular flexibility index (Phi) is 5.72. The van der Waals surface area contributed by atoms with Crippen LogP contribution >= 0.6 is 0 Å². The van der Waals surface area contributed by atoms with Crippen LogP contribution in [0.5, 0.6) is 0 Å². The van der Waals surface area contributed by atoms with Crippen LogP contribution in [0, 0.1) is 11.8 Å². The number of hydrogen-bond donors (Lipinski definition) is 2. The minimum atomic E-state index is -0.220. The number of aromatic nitrogens is 1. The summed E-state index contributed by atoms with van der Waals surface area (Å²) < 4.78 is 4.82. The first-order valence-corrected chi connectivity index (χ1v) is 5.10. The van der Waals surface area contributed by atoms with Gasteiger partial charge in [0.1, 0.15) is 6.61 Å². The second-order valence-electron chi connectivity index (χ2n) is 3.17. The van der Waals surface area contributed by atoms with E-state index in [9.17, 15) is 4.79 Å². The summed E-state index contributed by atoms with van der Waals surface area (Å²) in [6.07, 6.45) is 3.00. The normalized spacial score (nSPS) is 9.29. The van der Waals surface area contributed by atoms with Crippen molar-refractivity contribution in [3.63, 3.8) is 0 Å². The Morgan fingerprint density at radius 2 is 2.41 bits per heavy atom. The minimum absolute atomic E-state index is 0.218. The van der Waals surface area contributed by atoms with Gasteiger partial charge in [-0.05, 0) is 6.07 Å². The smallest absolute Gasteiger partial charge is 0.252 e. The zero-order valence-corrected chi connectivity index (χ0v) is 9.56. The lowest BCUT2D eigenvalue weighted by Gasteiger charge is -2.04. The molecule has 1 heterocycles. The van der Waals surface area contributed by atoms with E-state index in [-0.39, 0.29) is 12.5 Å². The number of aliphatic hydroxyl groups is 1. The van der Waals surface area contributed by atoms with E-state index < -0.39 is 0 Å². The molecule has 0 aliphatic carbocycles. The Morgan fingerprint density at radius 3 is 3.12 bits per heavy atom. The molecule has 1 aromatic heterocycles. The third kappa shape index (κ3) is 4.64. The largest absolute Gasteiger partial charge is 0.384 e. The summed E-state index contributed by atoms with van der Waals surface area (Å²) >= 11 is 0. The van der Waals surface area contributed by atoms with E-state index in [1.165, 1.54) is 12.4 Å². The number of rotatable bonds is 4. The van der Waals surface area contributed by atoms with E-state index in [0.29, 0.717) is 24.3 Å². The molecule has 1 rings (SSSR count). The lowest BCUT2D eigenvalue weighted by Crippen LogP contribution is -2.27. The third-order valence-corrected chi connectivity index (χ3v) is 1.90. The van der Waals surface area contributed by atoms with Crippen LogP contribution in [0.1, 0.15) is 15.9 Å². The monoisotopic (exact) mass is 234 g/mol.